The summed E-state index contributed by atoms with van der Waals surface area (Å²) < 4.78 is 8.34. The Hall–Kier alpha value is -2.74. The SMILES string of the molecule is Nc1c2c(nc(=S)n1-c1ccccc1)OC(c1cccs1)=CC2c1cccs1. The van der Waals surface area contributed by atoms with Gasteiger partial charge in [-0.15, -0.1) is 22.7 Å². The second-order valence-electron chi connectivity index (χ2n) is 6.27. The highest BCUT2D eigenvalue weighted by molar-refractivity contribution is 7.71. The lowest BCUT2D eigenvalue weighted by molar-refractivity contribution is 0.469. The quantitative estimate of drug-likeness (QED) is 0.420. The molecule has 1 atom stereocenters. The lowest BCUT2D eigenvalue weighted by atomic mass is 9.95. The van der Waals surface area contributed by atoms with Crippen molar-refractivity contribution in [3.05, 3.63) is 91.5 Å². The maximum atomic E-state index is 6.65. The first kappa shape index (κ1) is 17.4. The zero-order valence-electron chi connectivity index (χ0n) is 14.6. The van der Waals surface area contributed by atoms with Crippen molar-refractivity contribution in [2.24, 2.45) is 0 Å². The Kier molecular flexibility index (Phi) is 4.35. The molecular formula is C21H15N3OS3. The van der Waals surface area contributed by atoms with Crippen LogP contribution in [0.5, 0.6) is 5.88 Å². The van der Waals surface area contributed by atoms with Crippen LogP contribution in [0.2, 0.25) is 0 Å². The Morgan fingerprint density at radius 2 is 1.79 bits per heavy atom. The third-order valence-corrected chi connectivity index (χ3v) is 6.71. The molecule has 5 rings (SSSR count). The summed E-state index contributed by atoms with van der Waals surface area (Å²) >= 11 is 8.89. The normalized spacial score (nSPS) is 15.6. The lowest BCUT2D eigenvalue weighted by Crippen LogP contribution is -2.18. The molecule has 4 heterocycles. The van der Waals surface area contributed by atoms with Crippen LogP contribution in [-0.4, -0.2) is 9.55 Å². The van der Waals surface area contributed by atoms with Gasteiger partial charge in [0.05, 0.1) is 10.4 Å². The fourth-order valence-electron chi connectivity index (χ4n) is 3.34. The Labute approximate surface area is 175 Å². The molecule has 3 aromatic heterocycles. The first-order valence-electron chi connectivity index (χ1n) is 8.67. The fraction of sp³-hybridized carbons (Fsp3) is 0.0476. The number of anilines is 1. The largest absolute Gasteiger partial charge is 0.437 e. The van der Waals surface area contributed by atoms with Crippen LogP contribution in [0.4, 0.5) is 5.82 Å². The summed E-state index contributed by atoms with van der Waals surface area (Å²) in [5.74, 6) is 1.79. The number of fused-ring (bicyclic) bond motifs is 1. The number of para-hydroxylation sites is 1. The molecule has 7 heteroatoms. The van der Waals surface area contributed by atoms with E-state index in [9.17, 15) is 0 Å². The van der Waals surface area contributed by atoms with E-state index in [0.29, 0.717) is 16.5 Å². The molecule has 0 saturated heterocycles. The van der Waals surface area contributed by atoms with Crippen molar-refractivity contribution < 1.29 is 4.74 Å². The molecule has 1 aromatic carbocycles. The molecule has 0 fully saturated rings. The molecular weight excluding hydrogens is 406 g/mol. The Bertz CT molecular complexity index is 1210. The van der Waals surface area contributed by atoms with Crippen molar-refractivity contribution in [2.45, 2.75) is 5.92 Å². The predicted molar refractivity (Wildman–Crippen MR) is 118 cm³/mol. The molecule has 0 aliphatic carbocycles. The Balaban J connectivity index is 1.75. The van der Waals surface area contributed by atoms with Crippen LogP contribution in [0.3, 0.4) is 0 Å². The number of aromatic nitrogens is 2. The first-order chi connectivity index (χ1) is 13.7. The number of nitrogens with two attached hydrogens (primary N) is 1. The number of allylic oxidation sites excluding steroid dienone is 1. The average molecular weight is 422 g/mol. The van der Waals surface area contributed by atoms with Gasteiger partial charge >= 0.3 is 0 Å². The van der Waals surface area contributed by atoms with Gasteiger partial charge in [-0.25, -0.2) is 0 Å². The third kappa shape index (κ3) is 2.88. The van der Waals surface area contributed by atoms with E-state index >= 15 is 0 Å². The minimum Gasteiger partial charge on any atom is -0.437 e. The van der Waals surface area contributed by atoms with E-state index in [1.165, 1.54) is 4.88 Å². The van der Waals surface area contributed by atoms with Crippen LogP contribution in [0.25, 0.3) is 11.4 Å². The van der Waals surface area contributed by atoms with Crippen molar-refractivity contribution in [1.82, 2.24) is 9.55 Å². The summed E-state index contributed by atoms with van der Waals surface area (Å²) in [6.07, 6.45) is 2.12. The summed E-state index contributed by atoms with van der Waals surface area (Å²) in [5.41, 5.74) is 8.39. The van der Waals surface area contributed by atoms with Gasteiger partial charge in [-0.2, -0.15) is 4.98 Å². The molecule has 0 saturated carbocycles. The molecule has 4 aromatic rings. The summed E-state index contributed by atoms with van der Waals surface area (Å²) in [7, 11) is 0. The van der Waals surface area contributed by atoms with E-state index in [0.717, 1.165) is 21.9 Å². The molecule has 2 N–H and O–H groups in total. The number of hydrogen-bond donors (Lipinski definition) is 1. The third-order valence-electron chi connectivity index (χ3n) is 4.60. The van der Waals surface area contributed by atoms with E-state index in [1.54, 1.807) is 22.7 Å². The number of nitrogen functional groups attached to an aromatic ring is 1. The highest BCUT2D eigenvalue weighted by Crippen LogP contribution is 2.45. The number of nitrogens with zero attached hydrogens (tertiary/aromatic N) is 2. The van der Waals surface area contributed by atoms with E-state index in [-0.39, 0.29) is 5.92 Å². The van der Waals surface area contributed by atoms with Crippen molar-refractivity contribution >= 4 is 46.5 Å². The Morgan fingerprint density at radius 1 is 1.00 bits per heavy atom. The summed E-state index contributed by atoms with van der Waals surface area (Å²) in [6.45, 7) is 0. The van der Waals surface area contributed by atoms with Crippen molar-refractivity contribution in [3.8, 4) is 11.6 Å². The highest BCUT2D eigenvalue weighted by Gasteiger charge is 2.30. The van der Waals surface area contributed by atoms with Crippen molar-refractivity contribution in [3.63, 3.8) is 0 Å². The second-order valence-corrected chi connectivity index (χ2v) is 8.56. The minimum atomic E-state index is -0.0427. The molecule has 0 spiro atoms. The van der Waals surface area contributed by atoms with Crippen LogP contribution in [0, 0.1) is 4.77 Å². The number of benzene rings is 1. The number of rotatable bonds is 3. The smallest absolute Gasteiger partial charge is 0.229 e. The zero-order chi connectivity index (χ0) is 19.1. The van der Waals surface area contributed by atoms with Crippen molar-refractivity contribution in [1.29, 1.82) is 0 Å². The van der Waals surface area contributed by atoms with Gasteiger partial charge in [-0.1, -0.05) is 30.3 Å². The van der Waals surface area contributed by atoms with Crippen LogP contribution in [-0.2, 0) is 0 Å². The molecule has 1 aliphatic heterocycles. The maximum absolute atomic E-state index is 6.65. The summed E-state index contributed by atoms with van der Waals surface area (Å²) in [4.78, 5) is 6.85. The van der Waals surface area contributed by atoms with Gasteiger partial charge in [0.1, 0.15) is 11.6 Å². The van der Waals surface area contributed by atoms with E-state index in [2.05, 4.69) is 22.5 Å². The average Bonchev–Trinajstić information content (AvgIpc) is 3.42. The molecule has 0 radical (unpaired) electrons. The zero-order valence-corrected chi connectivity index (χ0v) is 17.1. The van der Waals surface area contributed by atoms with Crippen LogP contribution >= 0.6 is 34.9 Å². The predicted octanol–water partition coefficient (Wildman–Crippen LogP) is 5.87. The van der Waals surface area contributed by atoms with Crippen molar-refractivity contribution in [2.75, 3.05) is 5.73 Å². The summed E-state index contributed by atoms with van der Waals surface area (Å²) in [6, 6.07) is 18.0. The minimum absolute atomic E-state index is 0.0427. The second kappa shape index (κ2) is 7.01. The van der Waals surface area contributed by atoms with Crippen LogP contribution in [0.15, 0.2) is 71.4 Å². The van der Waals surface area contributed by atoms with Gasteiger partial charge in [-0.3, -0.25) is 4.57 Å². The topological polar surface area (TPSA) is 53.1 Å². The van der Waals surface area contributed by atoms with Crippen LogP contribution in [0.1, 0.15) is 21.2 Å². The molecule has 0 bridgehead atoms. The molecule has 138 valence electrons. The molecule has 28 heavy (non-hydrogen) atoms. The first-order valence-corrected chi connectivity index (χ1v) is 10.8. The molecule has 1 aliphatic rings. The molecule has 0 amide bonds. The monoisotopic (exact) mass is 421 g/mol. The van der Waals surface area contributed by atoms with Gasteiger partial charge in [-0.05, 0) is 53.3 Å². The van der Waals surface area contributed by atoms with Gasteiger partial charge in [0, 0.05) is 16.5 Å². The highest BCUT2D eigenvalue weighted by atomic mass is 32.1. The molecule has 4 nitrogen and oxygen atoms in total. The Morgan fingerprint density at radius 3 is 2.50 bits per heavy atom. The number of hydrogen-bond acceptors (Lipinski definition) is 6. The molecule has 1 unspecified atom stereocenters. The van der Waals surface area contributed by atoms with E-state index in [4.69, 9.17) is 22.7 Å². The van der Waals surface area contributed by atoms with Gasteiger partial charge < -0.3 is 10.5 Å². The standard InChI is InChI=1S/C21H15N3OS3/c22-19-18-14(16-8-4-10-27-16)12-15(17-9-5-11-28-17)25-20(18)23-21(26)24(19)13-6-2-1-3-7-13/h1-12,14H,22H2. The van der Waals surface area contributed by atoms with Gasteiger partial charge in [0.25, 0.3) is 0 Å². The van der Waals surface area contributed by atoms with E-state index < -0.39 is 0 Å². The van der Waals surface area contributed by atoms with Gasteiger partial charge in [0.2, 0.25) is 10.7 Å². The van der Waals surface area contributed by atoms with E-state index in [1.807, 2.05) is 58.5 Å². The number of ether oxygens (including phenoxy) is 1. The fourth-order valence-corrected chi connectivity index (χ4v) is 5.12. The van der Waals surface area contributed by atoms with Crippen LogP contribution < -0.4 is 10.5 Å². The van der Waals surface area contributed by atoms with Gasteiger partial charge in [0.15, 0.2) is 0 Å². The maximum Gasteiger partial charge on any atom is 0.229 e. The summed E-state index contributed by atoms with van der Waals surface area (Å²) in [5, 5.41) is 4.10. The number of thiophene rings is 2. The lowest BCUT2D eigenvalue weighted by Gasteiger charge is -2.26.